The van der Waals surface area contributed by atoms with Crippen molar-refractivity contribution in [2.24, 2.45) is 0 Å². The van der Waals surface area contributed by atoms with Crippen LogP contribution in [0.15, 0.2) is 35.2 Å². The number of piperidine rings is 1. The Morgan fingerprint density at radius 2 is 2.12 bits per heavy atom. The van der Waals surface area contributed by atoms with E-state index in [2.05, 4.69) is 0 Å². The molecule has 1 N–H and O–H groups in total. The molecular weight excluding hydrogens is 449 g/mol. The van der Waals surface area contributed by atoms with Crippen LogP contribution in [0.25, 0.3) is 0 Å². The van der Waals surface area contributed by atoms with Crippen LogP contribution in [-0.4, -0.2) is 102 Å². The van der Waals surface area contributed by atoms with Gasteiger partial charge in [-0.05, 0) is 18.4 Å². The molecule has 0 saturated carbocycles. The fourth-order valence-corrected chi connectivity index (χ4v) is 4.72. The molecule has 3 aliphatic rings. The van der Waals surface area contributed by atoms with Crippen molar-refractivity contribution in [3.63, 3.8) is 0 Å². The van der Waals surface area contributed by atoms with E-state index in [-0.39, 0.29) is 42.9 Å². The summed E-state index contributed by atoms with van der Waals surface area (Å²) in [5, 5.41) is 8.84. The first-order chi connectivity index (χ1) is 15.8. The van der Waals surface area contributed by atoms with Crippen molar-refractivity contribution in [1.29, 1.82) is 0 Å². The number of ether oxygens (including phenoxy) is 1. The minimum atomic E-state index is -0.916. The molecule has 2 atom stereocenters. The highest BCUT2D eigenvalue weighted by molar-refractivity contribution is 7.81. The molecule has 2 fully saturated rings. The fraction of sp³-hybridized carbons (Fsp3) is 0.609. The predicted molar refractivity (Wildman–Crippen MR) is 125 cm³/mol. The number of carboxylic acids is 1. The number of amides is 1. The molecule has 0 bridgehead atoms. The lowest BCUT2D eigenvalue weighted by molar-refractivity contribution is -0.145. The molecule has 2 heterocycles. The average Bonchev–Trinajstić information content (AvgIpc) is 2.79. The smallest absolute Gasteiger partial charge is 0.327 e. The van der Waals surface area contributed by atoms with E-state index in [1.54, 1.807) is 11.0 Å². The van der Waals surface area contributed by atoms with Gasteiger partial charge in [-0.25, -0.2) is 9.18 Å². The van der Waals surface area contributed by atoms with Crippen molar-refractivity contribution in [1.82, 2.24) is 14.7 Å². The SMILES string of the molecule is COC(=O)C(C1=C(F)CCC=C1)N1CCC(S)/C(=C/CN2CCN(CCC(=O)O)C(=O)C2)C1. The molecule has 2 saturated heterocycles. The fourth-order valence-electron chi connectivity index (χ4n) is 4.42. The van der Waals surface area contributed by atoms with Gasteiger partial charge in [0.15, 0.2) is 0 Å². The van der Waals surface area contributed by atoms with Crippen molar-refractivity contribution in [2.75, 3.05) is 52.9 Å². The second-order valence-electron chi connectivity index (χ2n) is 8.54. The van der Waals surface area contributed by atoms with E-state index < -0.39 is 18.0 Å². The summed E-state index contributed by atoms with van der Waals surface area (Å²) in [6.45, 7) is 3.23. The van der Waals surface area contributed by atoms with Gasteiger partial charge in [0.2, 0.25) is 5.91 Å². The van der Waals surface area contributed by atoms with E-state index in [1.807, 2.05) is 22.0 Å². The van der Waals surface area contributed by atoms with Gasteiger partial charge >= 0.3 is 11.9 Å². The van der Waals surface area contributed by atoms with Gasteiger partial charge in [0.1, 0.15) is 11.9 Å². The minimum absolute atomic E-state index is 0.0211. The second-order valence-corrected chi connectivity index (χ2v) is 9.16. The third-order valence-electron chi connectivity index (χ3n) is 6.33. The predicted octanol–water partition coefficient (Wildman–Crippen LogP) is 1.65. The zero-order valence-corrected chi connectivity index (χ0v) is 19.8. The molecule has 0 aromatic rings. The number of halogens is 1. The minimum Gasteiger partial charge on any atom is -0.481 e. The normalized spacial score (nSPS) is 24.9. The molecule has 8 nitrogen and oxygen atoms in total. The number of nitrogens with zero attached hydrogens (tertiary/aromatic N) is 3. The number of likely N-dealkylation sites (tertiary alicyclic amines) is 1. The third kappa shape index (κ3) is 6.68. The molecule has 33 heavy (non-hydrogen) atoms. The zero-order chi connectivity index (χ0) is 24.0. The van der Waals surface area contributed by atoms with Gasteiger partial charge in [-0.2, -0.15) is 12.6 Å². The van der Waals surface area contributed by atoms with E-state index in [4.69, 9.17) is 22.5 Å². The molecule has 0 spiro atoms. The summed E-state index contributed by atoms with van der Waals surface area (Å²) < 4.78 is 19.6. The number of carbonyl (C=O) groups is 3. The second kappa shape index (κ2) is 11.8. The monoisotopic (exact) mass is 481 g/mol. The maximum absolute atomic E-state index is 14.6. The Bertz CT molecular complexity index is 859. The largest absolute Gasteiger partial charge is 0.481 e. The van der Waals surface area contributed by atoms with Crippen LogP contribution in [0.4, 0.5) is 4.39 Å². The number of allylic oxidation sites excluding steroid dienone is 2. The molecule has 0 radical (unpaired) electrons. The molecule has 0 aromatic heterocycles. The van der Waals surface area contributed by atoms with E-state index in [0.29, 0.717) is 51.1 Å². The summed E-state index contributed by atoms with van der Waals surface area (Å²) in [6.07, 6.45) is 7.17. The van der Waals surface area contributed by atoms with Gasteiger partial charge in [-0.1, -0.05) is 18.2 Å². The average molecular weight is 482 g/mol. The third-order valence-corrected chi connectivity index (χ3v) is 6.92. The molecule has 1 aliphatic carbocycles. The molecule has 182 valence electrons. The van der Waals surface area contributed by atoms with Crippen molar-refractivity contribution in [3.05, 3.63) is 35.2 Å². The summed E-state index contributed by atoms with van der Waals surface area (Å²) >= 11 is 4.70. The van der Waals surface area contributed by atoms with Crippen LogP contribution in [0.5, 0.6) is 0 Å². The first-order valence-corrected chi connectivity index (χ1v) is 11.8. The molecular formula is C23H32FN3O5S. The summed E-state index contributed by atoms with van der Waals surface area (Å²) in [6, 6.07) is -0.796. The number of piperazine rings is 1. The van der Waals surface area contributed by atoms with E-state index >= 15 is 0 Å². The zero-order valence-electron chi connectivity index (χ0n) is 18.9. The van der Waals surface area contributed by atoms with Gasteiger partial charge in [-0.3, -0.25) is 19.4 Å². The van der Waals surface area contributed by atoms with Crippen molar-refractivity contribution < 1.29 is 28.6 Å². The standard InChI is InChI=1S/C23H32FN3O5S/c1-32-23(31)22(17-4-2-3-5-18(17)24)27-10-7-19(33)16(14-27)6-9-25-12-13-26(20(28)15-25)11-8-21(29)30/h2,4,6,19,22,33H,3,5,7-15H2,1H3,(H,29,30)/b16-6+. The van der Waals surface area contributed by atoms with Crippen molar-refractivity contribution in [3.8, 4) is 0 Å². The molecule has 3 rings (SSSR count). The van der Waals surface area contributed by atoms with E-state index in [9.17, 15) is 18.8 Å². The maximum Gasteiger partial charge on any atom is 0.327 e. The summed E-state index contributed by atoms with van der Waals surface area (Å²) in [4.78, 5) is 41.2. The number of carbonyl (C=O) groups excluding carboxylic acids is 2. The quantitative estimate of drug-likeness (QED) is 0.310. The number of esters is 1. The number of hydrogen-bond acceptors (Lipinski definition) is 7. The lowest BCUT2D eigenvalue weighted by Crippen LogP contribution is -2.51. The van der Waals surface area contributed by atoms with Crippen molar-refractivity contribution in [2.45, 2.75) is 37.0 Å². The number of aliphatic carboxylic acids is 1. The lowest BCUT2D eigenvalue weighted by atomic mass is 9.94. The highest BCUT2D eigenvalue weighted by atomic mass is 32.1. The van der Waals surface area contributed by atoms with Gasteiger partial charge in [0.25, 0.3) is 0 Å². The van der Waals surface area contributed by atoms with E-state index in [0.717, 1.165) is 5.57 Å². The van der Waals surface area contributed by atoms with Crippen molar-refractivity contribution >= 4 is 30.5 Å². The van der Waals surface area contributed by atoms with Crippen LogP contribution in [0.1, 0.15) is 25.7 Å². The summed E-state index contributed by atoms with van der Waals surface area (Å²) in [5.74, 6) is -1.75. The van der Waals surface area contributed by atoms with Crippen LogP contribution in [-0.2, 0) is 19.1 Å². The van der Waals surface area contributed by atoms with Gasteiger partial charge in [0, 0.05) is 56.5 Å². The Kier molecular flexibility index (Phi) is 9.10. The lowest BCUT2D eigenvalue weighted by Gasteiger charge is -2.38. The Balaban J connectivity index is 1.65. The van der Waals surface area contributed by atoms with Crippen LogP contribution in [0.2, 0.25) is 0 Å². The molecule has 1 amide bonds. The molecule has 10 heteroatoms. The van der Waals surface area contributed by atoms with Crippen LogP contribution >= 0.6 is 12.6 Å². The Morgan fingerprint density at radius 1 is 1.33 bits per heavy atom. The van der Waals surface area contributed by atoms with Gasteiger partial charge in [-0.15, -0.1) is 0 Å². The first-order valence-electron chi connectivity index (χ1n) is 11.3. The highest BCUT2D eigenvalue weighted by Crippen LogP contribution is 2.30. The Morgan fingerprint density at radius 3 is 2.79 bits per heavy atom. The Hall–Kier alpha value is -2.17. The summed E-state index contributed by atoms with van der Waals surface area (Å²) in [7, 11) is 1.32. The van der Waals surface area contributed by atoms with Gasteiger partial charge in [0.05, 0.1) is 20.1 Å². The highest BCUT2D eigenvalue weighted by Gasteiger charge is 2.35. The first kappa shape index (κ1) is 25.5. The maximum atomic E-state index is 14.6. The molecule has 0 aromatic carbocycles. The topological polar surface area (TPSA) is 90.4 Å². The number of rotatable bonds is 8. The van der Waals surface area contributed by atoms with Crippen LogP contribution in [0.3, 0.4) is 0 Å². The Labute approximate surface area is 199 Å². The van der Waals surface area contributed by atoms with Crippen LogP contribution < -0.4 is 0 Å². The van der Waals surface area contributed by atoms with E-state index in [1.165, 1.54) is 7.11 Å². The molecule has 2 aliphatic heterocycles. The number of thiol groups is 1. The van der Waals surface area contributed by atoms with Gasteiger partial charge < -0.3 is 14.7 Å². The summed E-state index contributed by atoms with van der Waals surface area (Å²) in [5.41, 5.74) is 1.40. The number of methoxy groups -OCH3 is 1. The molecule has 2 unspecified atom stereocenters. The number of hydrogen-bond donors (Lipinski definition) is 2. The number of carboxylic acid groups (broad SMARTS) is 1. The van der Waals surface area contributed by atoms with Crippen LogP contribution in [0, 0.1) is 0 Å².